The van der Waals surface area contributed by atoms with Gasteiger partial charge in [0.15, 0.2) is 0 Å². The molecule has 0 fully saturated rings. The van der Waals surface area contributed by atoms with Gasteiger partial charge in [-0.15, -0.1) is 0 Å². The summed E-state index contributed by atoms with van der Waals surface area (Å²) in [6.07, 6.45) is 1.93. The summed E-state index contributed by atoms with van der Waals surface area (Å²) in [6, 6.07) is 8.72. The summed E-state index contributed by atoms with van der Waals surface area (Å²) in [7, 11) is 1.93. The number of non-ortho nitro benzene ring substituents is 1. The van der Waals surface area contributed by atoms with Gasteiger partial charge in [-0.25, -0.2) is 0 Å². The number of hydrogen-bond acceptors (Lipinski definition) is 4. The van der Waals surface area contributed by atoms with Crippen LogP contribution in [0.3, 0.4) is 0 Å². The average Bonchev–Trinajstić information content (AvgIpc) is 2.93. The molecule has 0 unspecified atom stereocenters. The minimum atomic E-state index is -0.383. The molecule has 3 rings (SSSR count). The minimum Gasteiger partial charge on any atom is -0.349 e. The van der Waals surface area contributed by atoms with Crippen molar-refractivity contribution in [3.8, 4) is 11.4 Å². The fourth-order valence-corrected chi connectivity index (χ4v) is 2.70. The van der Waals surface area contributed by atoms with Crippen molar-refractivity contribution in [3.63, 3.8) is 0 Å². The van der Waals surface area contributed by atoms with Gasteiger partial charge in [-0.1, -0.05) is 0 Å². The molecule has 0 radical (unpaired) electrons. The van der Waals surface area contributed by atoms with E-state index in [9.17, 15) is 10.1 Å². The van der Waals surface area contributed by atoms with Crippen LogP contribution in [0.2, 0.25) is 0 Å². The molecule has 2 aromatic heterocycles. The van der Waals surface area contributed by atoms with E-state index in [2.05, 4.69) is 4.37 Å². The molecule has 0 atom stereocenters. The van der Waals surface area contributed by atoms with E-state index in [1.165, 1.54) is 17.6 Å². The molecule has 90 valence electrons. The van der Waals surface area contributed by atoms with Gasteiger partial charge in [0, 0.05) is 30.8 Å². The van der Waals surface area contributed by atoms with Crippen molar-refractivity contribution < 1.29 is 4.92 Å². The molecular weight excluding hydrogens is 250 g/mol. The van der Waals surface area contributed by atoms with E-state index in [4.69, 9.17) is 0 Å². The summed E-state index contributed by atoms with van der Waals surface area (Å²) >= 11 is 1.36. The fraction of sp³-hybridized carbons (Fsp3) is 0.0833. The van der Waals surface area contributed by atoms with Crippen LogP contribution in [0.1, 0.15) is 0 Å². The third-order valence-corrected chi connectivity index (χ3v) is 3.68. The molecule has 2 heterocycles. The molecule has 0 saturated heterocycles. The van der Waals surface area contributed by atoms with Crippen LogP contribution in [0, 0.1) is 10.1 Å². The molecule has 0 aliphatic heterocycles. The van der Waals surface area contributed by atoms with Crippen LogP contribution >= 0.6 is 11.5 Å². The molecular formula is C12H9N3O2S. The van der Waals surface area contributed by atoms with Crippen molar-refractivity contribution in [3.05, 3.63) is 46.6 Å². The quantitative estimate of drug-likeness (QED) is 0.524. The summed E-state index contributed by atoms with van der Waals surface area (Å²) in [6.45, 7) is 0. The summed E-state index contributed by atoms with van der Waals surface area (Å²) in [5.41, 5.74) is 1.85. The molecule has 0 amide bonds. The van der Waals surface area contributed by atoms with Gasteiger partial charge in [-0.3, -0.25) is 10.1 Å². The highest BCUT2D eigenvalue weighted by Crippen LogP contribution is 2.33. The van der Waals surface area contributed by atoms with Gasteiger partial charge < -0.3 is 4.57 Å². The topological polar surface area (TPSA) is 61.0 Å². The lowest BCUT2D eigenvalue weighted by Gasteiger charge is -2.00. The molecule has 5 nitrogen and oxygen atoms in total. The maximum absolute atomic E-state index is 10.8. The Hall–Kier alpha value is -2.21. The van der Waals surface area contributed by atoms with E-state index in [0.29, 0.717) is 0 Å². The Bertz CT molecular complexity index is 745. The lowest BCUT2D eigenvalue weighted by atomic mass is 10.1. The van der Waals surface area contributed by atoms with Crippen molar-refractivity contribution in [2.75, 3.05) is 0 Å². The Morgan fingerprint density at radius 3 is 2.89 bits per heavy atom. The third-order valence-electron chi connectivity index (χ3n) is 2.85. The lowest BCUT2D eigenvalue weighted by molar-refractivity contribution is -0.384. The first-order valence-corrected chi connectivity index (χ1v) is 6.09. The van der Waals surface area contributed by atoms with Crippen LogP contribution in [0.5, 0.6) is 0 Å². The number of hydrogen-bond donors (Lipinski definition) is 0. The van der Waals surface area contributed by atoms with Crippen molar-refractivity contribution in [2.24, 2.45) is 7.05 Å². The standard InChI is InChI=1S/C12H9N3O2S/c1-14-6-2-3-10(14)12-9-7-8(15(16)17)4-5-11(9)18-13-12/h2-7H,1H3. The highest BCUT2D eigenvalue weighted by Gasteiger charge is 2.14. The summed E-state index contributed by atoms with van der Waals surface area (Å²) in [5.74, 6) is 0. The zero-order valence-corrected chi connectivity index (χ0v) is 10.3. The van der Waals surface area contributed by atoms with E-state index in [1.807, 2.05) is 29.9 Å². The molecule has 0 aliphatic carbocycles. The van der Waals surface area contributed by atoms with Crippen molar-refractivity contribution in [2.45, 2.75) is 0 Å². The van der Waals surface area contributed by atoms with E-state index in [1.54, 1.807) is 12.1 Å². The van der Waals surface area contributed by atoms with Crippen LogP contribution < -0.4 is 0 Å². The highest BCUT2D eigenvalue weighted by molar-refractivity contribution is 7.13. The first kappa shape index (κ1) is 10.9. The van der Waals surface area contributed by atoms with Gasteiger partial charge in [0.05, 0.1) is 15.3 Å². The molecule has 0 bridgehead atoms. The molecule has 0 N–H and O–H groups in total. The van der Waals surface area contributed by atoms with Gasteiger partial charge in [-0.05, 0) is 29.7 Å². The van der Waals surface area contributed by atoms with E-state index < -0.39 is 0 Å². The van der Waals surface area contributed by atoms with Crippen LogP contribution in [-0.4, -0.2) is 13.9 Å². The SMILES string of the molecule is Cn1cccc1-c1nsc2ccc([N+](=O)[O-])cc12. The van der Waals surface area contributed by atoms with E-state index >= 15 is 0 Å². The molecule has 0 aliphatic rings. The monoisotopic (exact) mass is 259 g/mol. The Morgan fingerprint density at radius 2 is 2.22 bits per heavy atom. The zero-order valence-electron chi connectivity index (χ0n) is 9.53. The van der Waals surface area contributed by atoms with Crippen LogP contribution in [0.4, 0.5) is 5.69 Å². The largest absolute Gasteiger partial charge is 0.349 e. The lowest BCUT2D eigenvalue weighted by Crippen LogP contribution is -1.90. The molecule has 6 heteroatoms. The Morgan fingerprint density at radius 1 is 1.39 bits per heavy atom. The predicted molar refractivity (Wildman–Crippen MR) is 70.7 cm³/mol. The van der Waals surface area contributed by atoms with Crippen LogP contribution in [-0.2, 0) is 7.05 Å². The molecule has 3 aromatic rings. The number of nitro benzene ring substituents is 1. The summed E-state index contributed by atoms with van der Waals surface area (Å²) in [5, 5.41) is 11.6. The zero-order chi connectivity index (χ0) is 12.7. The number of benzene rings is 1. The van der Waals surface area contributed by atoms with Gasteiger partial charge in [-0.2, -0.15) is 4.37 Å². The smallest absolute Gasteiger partial charge is 0.270 e. The Labute approximate surface area is 107 Å². The van der Waals surface area contributed by atoms with Crippen molar-refractivity contribution in [1.29, 1.82) is 0 Å². The predicted octanol–water partition coefficient (Wildman–Crippen LogP) is 3.21. The second-order valence-electron chi connectivity index (χ2n) is 3.97. The van der Waals surface area contributed by atoms with Crippen LogP contribution in [0.25, 0.3) is 21.5 Å². The maximum Gasteiger partial charge on any atom is 0.270 e. The molecule has 0 spiro atoms. The number of nitro groups is 1. The molecule has 18 heavy (non-hydrogen) atoms. The van der Waals surface area contributed by atoms with Gasteiger partial charge in [0.2, 0.25) is 0 Å². The second kappa shape index (κ2) is 3.92. The van der Waals surface area contributed by atoms with Gasteiger partial charge >= 0.3 is 0 Å². The molecule has 1 aromatic carbocycles. The van der Waals surface area contributed by atoms with E-state index in [0.717, 1.165) is 21.5 Å². The van der Waals surface area contributed by atoms with Crippen molar-refractivity contribution >= 4 is 27.3 Å². The maximum atomic E-state index is 10.8. The van der Waals surface area contributed by atoms with Crippen LogP contribution in [0.15, 0.2) is 36.5 Å². The second-order valence-corrected chi connectivity index (χ2v) is 4.78. The fourth-order valence-electron chi connectivity index (χ4n) is 1.93. The van der Waals surface area contributed by atoms with E-state index in [-0.39, 0.29) is 10.6 Å². The number of aryl methyl sites for hydroxylation is 1. The summed E-state index contributed by atoms with van der Waals surface area (Å²) < 4.78 is 7.30. The number of fused-ring (bicyclic) bond motifs is 1. The normalized spacial score (nSPS) is 10.9. The highest BCUT2D eigenvalue weighted by atomic mass is 32.1. The third kappa shape index (κ3) is 1.58. The van der Waals surface area contributed by atoms with Gasteiger partial charge in [0.1, 0.15) is 5.69 Å². The summed E-state index contributed by atoms with van der Waals surface area (Å²) in [4.78, 5) is 10.4. The average molecular weight is 259 g/mol. The van der Waals surface area contributed by atoms with Gasteiger partial charge in [0.25, 0.3) is 5.69 Å². The Balaban J connectivity index is 2.27. The first-order chi connectivity index (χ1) is 8.66. The number of rotatable bonds is 2. The Kier molecular flexibility index (Phi) is 2.38. The molecule has 0 saturated carbocycles. The minimum absolute atomic E-state index is 0.0955. The number of aromatic nitrogens is 2. The number of nitrogens with zero attached hydrogens (tertiary/aromatic N) is 3. The first-order valence-electron chi connectivity index (χ1n) is 5.32. The van der Waals surface area contributed by atoms with Crippen molar-refractivity contribution in [1.82, 2.24) is 8.94 Å².